The predicted molar refractivity (Wildman–Crippen MR) is 123 cm³/mol. The monoisotopic (exact) mass is 407 g/mol. The van der Waals surface area contributed by atoms with Crippen molar-refractivity contribution >= 4 is 35.2 Å². The molecule has 1 N–H and O–H groups in total. The summed E-state index contributed by atoms with van der Waals surface area (Å²) in [4.78, 5) is 12.4. The number of nitrogens with one attached hydrogen (secondary N) is 1. The van der Waals surface area contributed by atoms with Crippen molar-refractivity contribution in [3.63, 3.8) is 0 Å². The smallest absolute Gasteiger partial charge is 0.173 e. The first-order valence-corrected chi connectivity index (χ1v) is 9.53. The van der Waals surface area contributed by atoms with Crippen LogP contribution in [0.5, 0.6) is 0 Å². The number of pyridine rings is 2. The lowest BCUT2D eigenvalue weighted by Crippen LogP contribution is -2.04. The van der Waals surface area contributed by atoms with Crippen molar-refractivity contribution in [3.05, 3.63) is 90.0 Å². The van der Waals surface area contributed by atoms with E-state index in [1.165, 1.54) is 6.20 Å². The van der Waals surface area contributed by atoms with Crippen molar-refractivity contribution in [1.82, 2.24) is 9.97 Å². The Kier molecular flexibility index (Phi) is 5.50. The van der Waals surface area contributed by atoms with Crippen LogP contribution in [-0.4, -0.2) is 16.7 Å². The van der Waals surface area contributed by atoms with E-state index in [2.05, 4.69) is 39.6 Å². The Labute approximate surface area is 179 Å². The van der Waals surface area contributed by atoms with Crippen molar-refractivity contribution in [3.8, 4) is 17.2 Å². The van der Waals surface area contributed by atoms with Crippen LogP contribution in [0.25, 0.3) is 28.1 Å². The molecule has 0 spiro atoms. The lowest BCUT2D eigenvalue weighted by atomic mass is 10.0. The molecule has 6 heteroatoms. The second-order valence-corrected chi connectivity index (χ2v) is 6.87. The molecule has 0 saturated carbocycles. The lowest BCUT2D eigenvalue weighted by molar-refractivity contribution is 0.628. The van der Waals surface area contributed by atoms with E-state index in [4.69, 9.17) is 5.26 Å². The van der Waals surface area contributed by atoms with Gasteiger partial charge in [-0.3, -0.25) is 9.98 Å². The molecule has 2 aromatic heterocycles. The van der Waals surface area contributed by atoms with E-state index in [1.54, 1.807) is 36.5 Å². The molecular weight excluding hydrogens is 389 g/mol. The maximum absolute atomic E-state index is 15.2. The van der Waals surface area contributed by atoms with Gasteiger partial charge in [0.05, 0.1) is 16.8 Å². The van der Waals surface area contributed by atoms with E-state index in [1.807, 2.05) is 24.3 Å². The Hall–Kier alpha value is -4.37. The number of nitriles is 1. The summed E-state index contributed by atoms with van der Waals surface area (Å²) >= 11 is 0. The van der Waals surface area contributed by atoms with Gasteiger partial charge in [0.2, 0.25) is 0 Å². The Morgan fingerprint density at radius 3 is 2.77 bits per heavy atom. The fourth-order valence-electron chi connectivity index (χ4n) is 3.34. The number of halogens is 1. The normalized spacial score (nSPS) is 10.5. The third-order valence-electron chi connectivity index (χ3n) is 4.96. The Morgan fingerprint density at radius 2 is 2.00 bits per heavy atom. The number of hydrogen-bond acceptors (Lipinski definition) is 5. The van der Waals surface area contributed by atoms with E-state index in [-0.39, 0.29) is 5.82 Å². The quantitative estimate of drug-likeness (QED) is 0.404. The van der Waals surface area contributed by atoms with E-state index >= 15 is 4.39 Å². The molecular formula is C25H18FN5. The number of aromatic nitrogens is 2. The fraction of sp³-hybridized carbons (Fsp3) is 0.0400. The van der Waals surface area contributed by atoms with Crippen LogP contribution in [0.15, 0.2) is 72.5 Å². The summed E-state index contributed by atoms with van der Waals surface area (Å²) in [5.74, 6) is -0.272. The van der Waals surface area contributed by atoms with E-state index in [0.29, 0.717) is 28.9 Å². The van der Waals surface area contributed by atoms with Crippen LogP contribution >= 0.6 is 0 Å². The summed E-state index contributed by atoms with van der Waals surface area (Å²) in [6.07, 6.45) is 4.77. The molecule has 150 valence electrons. The molecule has 0 fully saturated rings. The summed E-state index contributed by atoms with van der Waals surface area (Å²) in [6, 6.07) is 16.6. The molecule has 0 unspecified atom stereocenters. The molecule has 4 rings (SSSR count). The highest BCUT2D eigenvalue weighted by atomic mass is 19.1. The van der Waals surface area contributed by atoms with Gasteiger partial charge in [-0.05, 0) is 48.2 Å². The van der Waals surface area contributed by atoms with Gasteiger partial charge >= 0.3 is 0 Å². The number of aliphatic imine (C=N–C) groups is 1. The molecule has 0 amide bonds. The van der Waals surface area contributed by atoms with Crippen LogP contribution in [0.4, 0.5) is 15.9 Å². The largest absolute Gasteiger partial charge is 0.364 e. The predicted octanol–water partition coefficient (Wildman–Crippen LogP) is 5.89. The van der Waals surface area contributed by atoms with Crippen molar-refractivity contribution < 1.29 is 4.39 Å². The molecule has 0 saturated heterocycles. The van der Waals surface area contributed by atoms with Crippen molar-refractivity contribution in [2.45, 2.75) is 6.54 Å². The van der Waals surface area contributed by atoms with Gasteiger partial charge in [-0.25, -0.2) is 9.37 Å². The third kappa shape index (κ3) is 4.02. The number of fused-ring (bicyclic) bond motifs is 1. The van der Waals surface area contributed by atoms with Crippen LogP contribution in [0.1, 0.15) is 16.7 Å². The number of benzene rings is 2. The van der Waals surface area contributed by atoms with Gasteiger partial charge in [-0.2, -0.15) is 5.26 Å². The van der Waals surface area contributed by atoms with Crippen LogP contribution in [-0.2, 0) is 6.54 Å². The first-order valence-electron chi connectivity index (χ1n) is 9.53. The fourth-order valence-corrected chi connectivity index (χ4v) is 3.34. The molecule has 0 aliphatic rings. The first-order chi connectivity index (χ1) is 15.1. The minimum atomic E-state index is -0.436. The van der Waals surface area contributed by atoms with Gasteiger partial charge in [-0.15, -0.1) is 0 Å². The average molecular weight is 407 g/mol. The summed E-state index contributed by atoms with van der Waals surface area (Å²) in [6.45, 7) is 7.70. The maximum Gasteiger partial charge on any atom is 0.173 e. The topological polar surface area (TPSA) is 74.0 Å². The third-order valence-corrected chi connectivity index (χ3v) is 4.96. The van der Waals surface area contributed by atoms with Gasteiger partial charge in [0, 0.05) is 35.5 Å². The number of rotatable bonds is 6. The van der Waals surface area contributed by atoms with Crippen LogP contribution in [0.3, 0.4) is 0 Å². The average Bonchev–Trinajstić information content (AvgIpc) is 2.82. The van der Waals surface area contributed by atoms with Crippen molar-refractivity contribution in [1.29, 1.82) is 5.26 Å². The van der Waals surface area contributed by atoms with Gasteiger partial charge in [0.25, 0.3) is 0 Å². The molecule has 0 aliphatic carbocycles. The van der Waals surface area contributed by atoms with Gasteiger partial charge < -0.3 is 5.32 Å². The zero-order chi connectivity index (χ0) is 21.8. The second-order valence-electron chi connectivity index (χ2n) is 6.87. The lowest BCUT2D eigenvalue weighted by Gasteiger charge is -2.11. The second kappa shape index (κ2) is 8.56. The van der Waals surface area contributed by atoms with Gasteiger partial charge in [0.1, 0.15) is 6.07 Å². The minimum absolute atomic E-state index is 0.163. The highest BCUT2D eigenvalue weighted by Gasteiger charge is 2.12. The standard InChI is InChI=1S/C25H18FN5/c1-3-18-12-19(6-7-22(18)28-2)21-8-9-29-25(24(21)26)31-14-16-4-5-20-10-17(13-27)15-30-23(20)11-16/h3-12,15H,1-2,14H2,(H,29,31). The van der Waals surface area contributed by atoms with Gasteiger partial charge in [-0.1, -0.05) is 30.9 Å². The molecule has 0 radical (unpaired) electrons. The molecule has 2 aromatic carbocycles. The summed E-state index contributed by atoms with van der Waals surface area (Å²) < 4.78 is 15.2. The van der Waals surface area contributed by atoms with Gasteiger partial charge in [0.15, 0.2) is 11.6 Å². The molecule has 5 nitrogen and oxygen atoms in total. The Balaban J connectivity index is 1.59. The van der Waals surface area contributed by atoms with E-state index in [0.717, 1.165) is 22.0 Å². The van der Waals surface area contributed by atoms with E-state index in [9.17, 15) is 0 Å². The first kappa shape index (κ1) is 19.9. The van der Waals surface area contributed by atoms with Crippen molar-refractivity contribution in [2.24, 2.45) is 4.99 Å². The molecule has 4 aromatic rings. The Bertz CT molecular complexity index is 1350. The molecule has 0 bridgehead atoms. The Morgan fingerprint density at radius 1 is 1.13 bits per heavy atom. The van der Waals surface area contributed by atoms with Crippen LogP contribution < -0.4 is 5.32 Å². The highest BCUT2D eigenvalue weighted by molar-refractivity contribution is 5.80. The molecule has 2 heterocycles. The zero-order valence-corrected chi connectivity index (χ0v) is 16.6. The maximum atomic E-state index is 15.2. The van der Waals surface area contributed by atoms with Crippen LogP contribution in [0, 0.1) is 17.1 Å². The molecule has 0 atom stereocenters. The zero-order valence-electron chi connectivity index (χ0n) is 16.6. The summed E-state index contributed by atoms with van der Waals surface area (Å²) in [7, 11) is 0. The highest BCUT2D eigenvalue weighted by Crippen LogP contribution is 2.31. The molecule has 0 aliphatic heterocycles. The minimum Gasteiger partial charge on any atom is -0.364 e. The summed E-state index contributed by atoms with van der Waals surface area (Å²) in [5, 5.41) is 12.9. The van der Waals surface area contributed by atoms with E-state index < -0.39 is 5.82 Å². The number of nitrogens with zero attached hydrogens (tertiary/aromatic N) is 4. The van der Waals surface area contributed by atoms with Crippen molar-refractivity contribution in [2.75, 3.05) is 5.32 Å². The molecule has 31 heavy (non-hydrogen) atoms. The SMILES string of the molecule is C=Cc1cc(-c2ccnc(NCc3ccc4cc(C#N)cnc4c3)c2F)ccc1N=C. The number of anilines is 1. The summed E-state index contributed by atoms with van der Waals surface area (Å²) in [5.41, 5.74) is 4.81. The number of hydrogen-bond donors (Lipinski definition) is 1. The van der Waals surface area contributed by atoms with Crippen LogP contribution in [0.2, 0.25) is 0 Å².